The highest BCUT2D eigenvalue weighted by molar-refractivity contribution is 5.90. The minimum atomic E-state index is -0.436. The lowest BCUT2D eigenvalue weighted by atomic mass is 10.1. The highest BCUT2D eigenvalue weighted by Gasteiger charge is 2.35. The van der Waals surface area contributed by atoms with Crippen LogP contribution < -0.4 is 14.8 Å². The molecule has 0 aliphatic carbocycles. The number of methoxy groups -OCH3 is 1. The summed E-state index contributed by atoms with van der Waals surface area (Å²) in [6.07, 6.45) is 1.59. The number of ether oxygens (including phenoxy) is 2. The number of benzene rings is 1. The Morgan fingerprint density at radius 2 is 1.88 bits per heavy atom. The molecule has 1 atom stereocenters. The van der Waals surface area contributed by atoms with Crippen LogP contribution in [0.4, 0.5) is 4.79 Å². The van der Waals surface area contributed by atoms with Crippen molar-refractivity contribution in [2.45, 2.75) is 25.0 Å². The molecule has 2 aliphatic rings. The number of carbonyl (C=O) groups is 2. The van der Waals surface area contributed by atoms with E-state index in [-0.39, 0.29) is 18.0 Å². The molecule has 1 aromatic carbocycles. The summed E-state index contributed by atoms with van der Waals surface area (Å²) >= 11 is 0. The van der Waals surface area contributed by atoms with E-state index in [1.54, 1.807) is 14.2 Å². The van der Waals surface area contributed by atoms with Gasteiger partial charge in [0.05, 0.1) is 13.7 Å². The molecular formula is C17H23N3O4. The largest absolute Gasteiger partial charge is 0.493 e. The van der Waals surface area contributed by atoms with E-state index in [1.807, 2.05) is 29.2 Å². The second-order valence-electron chi connectivity index (χ2n) is 6.18. The molecule has 130 valence electrons. The zero-order valence-electron chi connectivity index (χ0n) is 14.0. The number of nitrogens with zero attached hydrogens (tertiary/aromatic N) is 2. The Kier molecular flexibility index (Phi) is 4.78. The average Bonchev–Trinajstić information content (AvgIpc) is 2.94. The van der Waals surface area contributed by atoms with Gasteiger partial charge in [-0.2, -0.15) is 0 Å². The summed E-state index contributed by atoms with van der Waals surface area (Å²) in [5.74, 6) is 1.44. The molecule has 0 unspecified atom stereocenters. The SMILES string of the molecule is COc1ccccc1OC1CCN(C(=O)[C@H]2CN(C)C(=O)N2)CC1. The number of para-hydroxylation sites is 2. The molecule has 3 rings (SSSR count). The van der Waals surface area contributed by atoms with Crippen LogP contribution in [-0.4, -0.2) is 67.7 Å². The molecule has 2 saturated heterocycles. The highest BCUT2D eigenvalue weighted by atomic mass is 16.5. The van der Waals surface area contributed by atoms with Crippen molar-refractivity contribution in [2.75, 3.05) is 33.8 Å². The van der Waals surface area contributed by atoms with Gasteiger partial charge < -0.3 is 24.6 Å². The number of amides is 3. The third-order valence-corrected chi connectivity index (χ3v) is 4.52. The van der Waals surface area contributed by atoms with Crippen molar-refractivity contribution < 1.29 is 19.1 Å². The molecule has 0 aromatic heterocycles. The van der Waals surface area contributed by atoms with E-state index in [1.165, 1.54) is 4.90 Å². The fraction of sp³-hybridized carbons (Fsp3) is 0.529. The number of urea groups is 1. The molecule has 1 aromatic rings. The van der Waals surface area contributed by atoms with Gasteiger partial charge in [0, 0.05) is 33.0 Å². The zero-order valence-corrected chi connectivity index (χ0v) is 14.0. The summed E-state index contributed by atoms with van der Waals surface area (Å²) in [7, 11) is 3.31. The molecule has 0 bridgehead atoms. The Hall–Kier alpha value is -2.44. The van der Waals surface area contributed by atoms with Gasteiger partial charge in [-0.15, -0.1) is 0 Å². The quantitative estimate of drug-likeness (QED) is 0.895. The third kappa shape index (κ3) is 3.39. The van der Waals surface area contributed by atoms with E-state index >= 15 is 0 Å². The van der Waals surface area contributed by atoms with Gasteiger partial charge in [-0.25, -0.2) is 4.79 Å². The van der Waals surface area contributed by atoms with Crippen LogP contribution in [0.25, 0.3) is 0 Å². The number of carbonyl (C=O) groups excluding carboxylic acids is 2. The molecule has 3 amide bonds. The monoisotopic (exact) mass is 333 g/mol. The average molecular weight is 333 g/mol. The highest BCUT2D eigenvalue weighted by Crippen LogP contribution is 2.29. The number of nitrogens with one attached hydrogen (secondary N) is 1. The summed E-state index contributed by atoms with van der Waals surface area (Å²) in [5, 5.41) is 2.71. The van der Waals surface area contributed by atoms with Crippen LogP contribution in [0.2, 0.25) is 0 Å². The number of piperidine rings is 1. The molecule has 1 N–H and O–H groups in total. The fourth-order valence-corrected chi connectivity index (χ4v) is 3.11. The predicted octanol–water partition coefficient (Wildman–Crippen LogP) is 1.09. The van der Waals surface area contributed by atoms with Crippen LogP contribution in [0.3, 0.4) is 0 Å². The smallest absolute Gasteiger partial charge is 0.317 e. The maximum Gasteiger partial charge on any atom is 0.317 e. The number of likely N-dealkylation sites (N-methyl/N-ethyl adjacent to an activating group) is 1. The van der Waals surface area contributed by atoms with Crippen molar-refractivity contribution >= 4 is 11.9 Å². The number of hydrogen-bond acceptors (Lipinski definition) is 4. The summed E-state index contributed by atoms with van der Waals surface area (Å²) in [4.78, 5) is 27.3. The molecule has 7 nitrogen and oxygen atoms in total. The minimum Gasteiger partial charge on any atom is -0.493 e. The number of rotatable bonds is 4. The second kappa shape index (κ2) is 6.98. The summed E-state index contributed by atoms with van der Waals surface area (Å²) < 4.78 is 11.3. The van der Waals surface area contributed by atoms with Crippen LogP contribution in [0.1, 0.15) is 12.8 Å². The van der Waals surface area contributed by atoms with Gasteiger partial charge in [-0.3, -0.25) is 4.79 Å². The van der Waals surface area contributed by atoms with Crippen molar-refractivity contribution in [3.05, 3.63) is 24.3 Å². The molecule has 7 heteroatoms. The van der Waals surface area contributed by atoms with Crippen molar-refractivity contribution in [2.24, 2.45) is 0 Å². The Morgan fingerprint density at radius 3 is 2.46 bits per heavy atom. The van der Waals surface area contributed by atoms with E-state index in [0.29, 0.717) is 25.4 Å². The Morgan fingerprint density at radius 1 is 1.21 bits per heavy atom. The van der Waals surface area contributed by atoms with Gasteiger partial charge in [-0.05, 0) is 12.1 Å². The van der Waals surface area contributed by atoms with Crippen LogP contribution >= 0.6 is 0 Å². The summed E-state index contributed by atoms with van der Waals surface area (Å²) in [6.45, 7) is 1.69. The van der Waals surface area contributed by atoms with Crippen LogP contribution in [0, 0.1) is 0 Å². The Bertz CT molecular complexity index is 614. The van der Waals surface area contributed by atoms with E-state index in [9.17, 15) is 9.59 Å². The Labute approximate surface area is 141 Å². The maximum absolute atomic E-state index is 12.5. The van der Waals surface area contributed by atoms with Crippen LogP contribution in [0.5, 0.6) is 11.5 Å². The molecule has 0 spiro atoms. The van der Waals surface area contributed by atoms with Gasteiger partial charge in [0.1, 0.15) is 12.1 Å². The van der Waals surface area contributed by atoms with E-state index < -0.39 is 6.04 Å². The van der Waals surface area contributed by atoms with Gasteiger partial charge in [0.15, 0.2) is 11.5 Å². The summed E-state index contributed by atoms with van der Waals surface area (Å²) in [5.41, 5.74) is 0. The first kappa shape index (κ1) is 16.4. The van der Waals surface area contributed by atoms with E-state index in [0.717, 1.165) is 18.6 Å². The molecule has 0 radical (unpaired) electrons. The zero-order chi connectivity index (χ0) is 17.1. The third-order valence-electron chi connectivity index (χ3n) is 4.52. The molecule has 0 saturated carbocycles. The first-order valence-corrected chi connectivity index (χ1v) is 8.18. The second-order valence-corrected chi connectivity index (χ2v) is 6.18. The number of hydrogen-bond donors (Lipinski definition) is 1. The van der Waals surface area contributed by atoms with Crippen molar-refractivity contribution in [3.63, 3.8) is 0 Å². The molecule has 2 fully saturated rings. The van der Waals surface area contributed by atoms with E-state index in [2.05, 4.69) is 5.32 Å². The molecule has 2 heterocycles. The molecular weight excluding hydrogens is 310 g/mol. The summed E-state index contributed by atoms with van der Waals surface area (Å²) in [6, 6.07) is 6.94. The standard InChI is InChI=1S/C17H23N3O4/c1-19-11-13(18-17(19)22)16(21)20-9-7-12(8-10-20)24-15-6-4-3-5-14(15)23-2/h3-6,12-13H,7-11H2,1-2H3,(H,18,22)/t13-/m1/s1. The van der Waals surface area contributed by atoms with Gasteiger partial charge in [0.25, 0.3) is 0 Å². The van der Waals surface area contributed by atoms with Gasteiger partial charge in [-0.1, -0.05) is 12.1 Å². The van der Waals surface area contributed by atoms with Crippen molar-refractivity contribution in [1.82, 2.24) is 15.1 Å². The first-order valence-electron chi connectivity index (χ1n) is 8.18. The van der Waals surface area contributed by atoms with Crippen molar-refractivity contribution in [1.29, 1.82) is 0 Å². The van der Waals surface area contributed by atoms with Gasteiger partial charge >= 0.3 is 6.03 Å². The lowest BCUT2D eigenvalue weighted by Gasteiger charge is -2.33. The van der Waals surface area contributed by atoms with Gasteiger partial charge in [0.2, 0.25) is 5.91 Å². The lowest BCUT2D eigenvalue weighted by molar-refractivity contribution is -0.134. The lowest BCUT2D eigenvalue weighted by Crippen LogP contribution is -2.49. The molecule has 24 heavy (non-hydrogen) atoms. The van der Waals surface area contributed by atoms with E-state index in [4.69, 9.17) is 9.47 Å². The van der Waals surface area contributed by atoms with Crippen LogP contribution in [0.15, 0.2) is 24.3 Å². The van der Waals surface area contributed by atoms with Crippen molar-refractivity contribution in [3.8, 4) is 11.5 Å². The fourth-order valence-electron chi connectivity index (χ4n) is 3.11. The van der Waals surface area contributed by atoms with Crippen LogP contribution in [-0.2, 0) is 4.79 Å². The Balaban J connectivity index is 1.52. The molecule has 2 aliphatic heterocycles. The minimum absolute atomic E-state index is 0.0107. The number of likely N-dealkylation sites (tertiary alicyclic amines) is 1. The maximum atomic E-state index is 12.5. The normalized spacial score (nSPS) is 21.6. The topological polar surface area (TPSA) is 71.1 Å². The predicted molar refractivity (Wildman–Crippen MR) is 88.2 cm³/mol. The first-order chi connectivity index (χ1) is 11.6.